The molecular formula is C30H37ClN6O3. The topological polar surface area (TPSA) is 95.8 Å². The van der Waals surface area contributed by atoms with Crippen LogP contribution >= 0.6 is 11.6 Å². The van der Waals surface area contributed by atoms with Crippen LogP contribution in [0.3, 0.4) is 0 Å². The molecule has 1 saturated heterocycles. The van der Waals surface area contributed by atoms with Crippen molar-refractivity contribution in [2.45, 2.75) is 51.8 Å². The Morgan fingerprint density at radius 3 is 2.60 bits per heavy atom. The molecule has 1 aliphatic heterocycles. The Morgan fingerprint density at radius 1 is 1.20 bits per heavy atom. The Kier molecular flexibility index (Phi) is 8.13. The molecule has 3 heterocycles. The van der Waals surface area contributed by atoms with Crippen molar-refractivity contribution in [2.75, 3.05) is 26.2 Å². The summed E-state index contributed by atoms with van der Waals surface area (Å²) in [5, 5.41) is 14.4. The number of aliphatic hydroxyl groups is 1. The van der Waals surface area contributed by atoms with Gasteiger partial charge in [-0.15, -0.1) is 0 Å². The van der Waals surface area contributed by atoms with Crippen molar-refractivity contribution in [2.24, 2.45) is 7.05 Å². The van der Waals surface area contributed by atoms with Crippen LogP contribution in [-0.2, 0) is 16.6 Å². The summed E-state index contributed by atoms with van der Waals surface area (Å²) in [7, 11) is 1.92. The van der Waals surface area contributed by atoms with Crippen molar-refractivity contribution in [3.63, 3.8) is 0 Å². The fourth-order valence-corrected chi connectivity index (χ4v) is 5.74. The van der Waals surface area contributed by atoms with Crippen molar-refractivity contribution in [1.82, 2.24) is 29.7 Å². The summed E-state index contributed by atoms with van der Waals surface area (Å²) in [6, 6.07) is 9.35. The molecule has 0 bridgehead atoms. The molecule has 0 radical (unpaired) electrons. The fraction of sp³-hybridized carbons (Fsp3) is 0.433. The van der Waals surface area contributed by atoms with Gasteiger partial charge in [-0.2, -0.15) is 0 Å². The van der Waals surface area contributed by atoms with Gasteiger partial charge in [0.15, 0.2) is 0 Å². The number of pyridine rings is 1. The van der Waals surface area contributed by atoms with Crippen LogP contribution in [0.1, 0.15) is 67.9 Å². The van der Waals surface area contributed by atoms with E-state index in [0.29, 0.717) is 31.2 Å². The lowest BCUT2D eigenvalue weighted by Gasteiger charge is -2.42. The molecule has 3 atom stereocenters. The van der Waals surface area contributed by atoms with E-state index in [2.05, 4.69) is 33.4 Å². The number of amides is 1. The Morgan fingerprint density at radius 2 is 1.95 bits per heavy atom. The lowest BCUT2D eigenvalue weighted by Crippen LogP contribution is -2.53. The average molecular weight is 565 g/mol. The number of carbonyl (C=O) groups is 1. The highest BCUT2D eigenvalue weighted by Gasteiger charge is 2.36. The maximum Gasteiger partial charge on any atom is 0.217 e. The third-order valence-corrected chi connectivity index (χ3v) is 7.59. The number of aromatic nitrogens is 3. The maximum atomic E-state index is 12.4. The standard InChI is InChI=1S/C30H37ClN6O3/c1-19(38)34-27(25-17-32-18-35(25)5)24-15-20-7-6-10-33-26(20)28(22-9-8-21(31)16-23(22)24)36-11-13-37(14-12-36)29(39)40-30(2,3)4/h6-10,15-18,27-29,39H,11-14H2,1-5H3,(H,34,38). The number of fused-ring (bicyclic) bond motifs is 2. The lowest BCUT2D eigenvalue weighted by molar-refractivity contribution is -0.244. The number of aryl methyl sites for hydroxylation is 1. The van der Waals surface area contributed by atoms with Gasteiger partial charge in [-0.25, -0.2) is 4.98 Å². The van der Waals surface area contributed by atoms with E-state index >= 15 is 0 Å². The van der Waals surface area contributed by atoms with Gasteiger partial charge in [-0.1, -0.05) is 23.7 Å². The van der Waals surface area contributed by atoms with Crippen LogP contribution in [-0.4, -0.2) is 73.5 Å². The van der Waals surface area contributed by atoms with E-state index in [0.717, 1.165) is 33.7 Å². The van der Waals surface area contributed by atoms with Crippen molar-refractivity contribution in [1.29, 1.82) is 0 Å². The average Bonchev–Trinajstić information content (AvgIpc) is 3.26. The molecule has 3 unspecified atom stereocenters. The van der Waals surface area contributed by atoms with Crippen LogP contribution in [0.5, 0.6) is 0 Å². The highest BCUT2D eigenvalue weighted by atomic mass is 35.5. The molecule has 2 N–H and O–H groups in total. The van der Waals surface area contributed by atoms with Crippen molar-refractivity contribution >= 4 is 29.2 Å². The van der Waals surface area contributed by atoms with E-state index in [9.17, 15) is 9.90 Å². The van der Waals surface area contributed by atoms with Gasteiger partial charge >= 0.3 is 0 Å². The number of piperazine rings is 1. The molecule has 10 heteroatoms. The number of halogens is 1. The zero-order chi connectivity index (χ0) is 28.6. The van der Waals surface area contributed by atoms with Crippen molar-refractivity contribution < 1.29 is 14.6 Å². The minimum atomic E-state index is -0.960. The molecule has 2 aromatic heterocycles. The molecular weight excluding hydrogens is 528 g/mol. The van der Waals surface area contributed by atoms with Gasteiger partial charge in [0.25, 0.3) is 0 Å². The SMILES string of the molecule is CC(=O)NC(C1=Cc2cccnc2C(N2CCN(C(O)OC(C)(C)C)CC2)c2ccc(Cl)cc21)c1cncn1C. The molecule has 3 aromatic rings. The minimum Gasteiger partial charge on any atom is -0.356 e. The van der Waals surface area contributed by atoms with Gasteiger partial charge in [-0.3, -0.25) is 19.6 Å². The van der Waals surface area contributed by atoms with E-state index in [1.165, 1.54) is 6.92 Å². The van der Waals surface area contributed by atoms with Crippen molar-refractivity contribution in [3.8, 4) is 0 Å². The summed E-state index contributed by atoms with van der Waals surface area (Å²) in [6.07, 6.45) is 6.49. The summed E-state index contributed by atoms with van der Waals surface area (Å²) >= 11 is 6.60. The Bertz CT molecular complexity index is 1410. The zero-order valence-corrected chi connectivity index (χ0v) is 24.4. The molecule has 40 heavy (non-hydrogen) atoms. The molecule has 9 nitrogen and oxygen atoms in total. The Balaban J connectivity index is 1.57. The lowest BCUT2D eigenvalue weighted by atomic mass is 9.89. The second-order valence-corrected chi connectivity index (χ2v) is 11.8. The van der Waals surface area contributed by atoms with Crippen LogP contribution < -0.4 is 5.32 Å². The number of benzene rings is 1. The summed E-state index contributed by atoms with van der Waals surface area (Å²) in [6.45, 7) is 10.0. The fourth-order valence-electron chi connectivity index (χ4n) is 5.57. The van der Waals surface area contributed by atoms with Crippen LogP contribution in [0, 0.1) is 0 Å². The van der Waals surface area contributed by atoms with Gasteiger partial charge in [-0.05, 0) is 67.3 Å². The van der Waals surface area contributed by atoms with E-state index in [1.807, 2.05) is 61.7 Å². The largest absolute Gasteiger partial charge is 0.356 e. The predicted octanol–water partition coefficient (Wildman–Crippen LogP) is 4.00. The van der Waals surface area contributed by atoms with E-state index in [1.54, 1.807) is 12.5 Å². The smallest absolute Gasteiger partial charge is 0.217 e. The monoisotopic (exact) mass is 564 g/mol. The molecule has 1 fully saturated rings. The molecule has 212 valence electrons. The second kappa shape index (κ2) is 11.4. The third-order valence-electron chi connectivity index (χ3n) is 7.36. The van der Waals surface area contributed by atoms with E-state index in [4.69, 9.17) is 21.3 Å². The number of imidazole rings is 1. The van der Waals surface area contributed by atoms with Gasteiger partial charge < -0.3 is 19.7 Å². The van der Waals surface area contributed by atoms with E-state index < -0.39 is 18.1 Å². The number of aliphatic hydroxyl groups excluding tert-OH is 1. The minimum absolute atomic E-state index is 0.143. The number of carbonyl (C=O) groups excluding carboxylic acids is 1. The molecule has 0 spiro atoms. The van der Waals surface area contributed by atoms with E-state index in [-0.39, 0.29) is 11.9 Å². The normalized spacial score (nSPS) is 19.7. The summed E-state index contributed by atoms with van der Waals surface area (Å²) in [5.41, 5.74) is 5.26. The highest BCUT2D eigenvalue weighted by molar-refractivity contribution is 6.30. The van der Waals surface area contributed by atoms with Crippen LogP contribution in [0.25, 0.3) is 11.6 Å². The number of rotatable bonds is 6. The Labute approximate surface area is 240 Å². The molecule has 5 rings (SSSR count). The predicted molar refractivity (Wildman–Crippen MR) is 155 cm³/mol. The third kappa shape index (κ3) is 5.99. The number of hydrogen-bond acceptors (Lipinski definition) is 7. The number of hydrogen-bond donors (Lipinski definition) is 2. The highest BCUT2D eigenvalue weighted by Crippen LogP contribution is 2.44. The molecule has 0 saturated carbocycles. The molecule has 1 aliphatic carbocycles. The second-order valence-electron chi connectivity index (χ2n) is 11.4. The number of nitrogens with one attached hydrogen (secondary N) is 1. The molecule has 1 amide bonds. The number of nitrogens with zero attached hydrogens (tertiary/aromatic N) is 5. The first-order chi connectivity index (χ1) is 19.0. The molecule has 1 aromatic carbocycles. The molecule has 2 aliphatic rings. The summed E-state index contributed by atoms with van der Waals surface area (Å²) in [5.74, 6) is -0.143. The summed E-state index contributed by atoms with van der Waals surface area (Å²) < 4.78 is 7.73. The van der Waals surface area contributed by atoms with Crippen LogP contribution in [0.4, 0.5) is 0 Å². The number of ether oxygens (including phenoxy) is 1. The maximum absolute atomic E-state index is 12.4. The summed E-state index contributed by atoms with van der Waals surface area (Å²) in [4.78, 5) is 26.0. The first kappa shape index (κ1) is 28.4. The Hall–Kier alpha value is -3.08. The first-order valence-corrected chi connectivity index (χ1v) is 13.9. The van der Waals surface area contributed by atoms with Gasteiger partial charge in [0.2, 0.25) is 12.3 Å². The first-order valence-electron chi connectivity index (χ1n) is 13.6. The van der Waals surface area contributed by atoms with Gasteiger partial charge in [0.1, 0.15) is 0 Å². The van der Waals surface area contributed by atoms with Gasteiger partial charge in [0.05, 0.1) is 41.6 Å². The quantitative estimate of drug-likeness (QED) is 0.437. The van der Waals surface area contributed by atoms with Gasteiger partial charge in [0, 0.05) is 51.4 Å². The van der Waals surface area contributed by atoms with Crippen molar-refractivity contribution in [3.05, 3.63) is 82.2 Å². The zero-order valence-electron chi connectivity index (χ0n) is 23.6. The van der Waals surface area contributed by atoms with Crippen LogP contribution in [0.2, 0.25) is 5.02 Å². The van der Waals surface area contributed by atoms with Crippen LogP contribution in [0.15, 0.2) is 49.1 Å².